The van der Waals surface area contributed by atoms with E-state index >= 15 is 0 Å². The van der Waals surface area contributed by atoms with Gasteiger partial charge in [-0.3, -0.25) is 4.79 Å². The first-order valence-corrected chi connectivity index (χ1v) is 5.42. The molecule has 1 rings (SSSR count). The molecule has 0 aliphatic heterocycles. The van der Waals surface area contributed by atoms with Crippen molar-refractivity contribution in [3.8, 4) is 0 Å². The maximum absolute atomic E-state index is 12.5. The van der Waals surface area contributed by atoms with E-state index in [9.17, 15) is 13.6 Å². The fourth-order valence-electron chi connectivity index (χ4n) is 1.23. The highest BCUT2D eigenvalue weighted by molar-refractivity contribution is 9.08. The summed E-state index contributed by atoms with van der Waals surface area (Å²) in [6.45, 7) is 0. The van der Waals surface area contributed by atoms with Crippen molar-refractivity contribution in [1.29, 1.82) is 0 Å². The first kappa shape index (κ1) is 12.8. The smallest absolute Gasteiger partial charge is 0.307 e. The van der Waals surface area contributed by atoms with Crippen LogP contribution in [-0.4, -0.2) is 16.1 Å². The molecule has 0 saturated carbocycles. The van der Waals surface area contributed by atoms with Crippen molar-refractivity contribution in [2.24, 2.45) is 0 Å². The van der Waals surface area contributed by atoms with E-state index in [1.54, 1.807) is 0 Å². The van der Waals surface area contributed by atoms with Crippen LogP contribution in [0.1, 0.15) is 23.4 Å². The van der Waals surface area contributed by atoms with Gasteiger partial charge < -0.3 is 10.8 Å². The number of anilines is 1. The number of hydrogen-bond acceptors (Lipinski definition) is 3. The molecule has 4 nitrogen and oxygen atoms in total. The summed E-state index contributed by atoms with van der Waals surface area (Å²) >= 11 is 3.06. The Morgan fingerprint density at radius 1 is 1.62 bits per heavy atom. The zero-order chi connectivity index (χ0) is 12.3. The van der Waals surface area contributed by atoms with Crippen molar-refractivity contribution in [1.82, 2.24) is 4.98 Å². The lowest BCUT2D eigenvalue weighted by molar-refractivity contribution is -0.136. The fourth-order valence-corrected chi connectivity index (χ4v) is 1.72. The second kappa shape index (κ2) is 5.20. The molecule has 7 heteroatoms. The van der Waals surface area contributed by atoms with Gasteiger partial charge in [0.1, 0.15) is 5.69 Å². The van der Waals surface area contributed by atoms with Gasteiger partial charge in [0.25, 0.3) is 6.43 Å². The van der Waals surface area contributed by atoms with Crippen LogP contribution >= 0.6 is 15.9 Å². The number of carbonyl (C=O) groups is 1. The number of nitrogens with two attached hydrogens (primary N) is 1. The van der Waals surface area contributed by atoms with E-state index in [-0.39, 0.29) is 23.1 Å². The maximum atomic E-state index is 12.5. The van der Waals surface area contributed by atoms with E-state index < -0.39 is 18.1 Å². The van der Waals surface area contributed by atoms with Gasteiger partial charge in [-0.05, 0) is 11.6 Å². The Morgan fingerprint density at radius 2 is 2.25 bits per heavy atom. The number of alkyl halides is 3. The summed E-state index contributed by atoms with van der Waals surface area (Å²) in [5.41, 5.74) is 5.29. The van der Waals surface area contributed by atoms with Gasteiger partial charge in [-0.1, -0.05) is 15.9 Å². The molecular weight excluding hydrogens is 286 g/mol. The zero-order valence-corrected chi connectivity index (χ0v) is 9.67. The van der Waals surface area contributed by atoms with Crippen LogP contribution in [0.15, 0.2) is 6.07 Å². The summed E-state index contributed by atoms with van der Waals surface area (Å²) < 4.78 is 24.9. The summed E-state index contributed by atoms with van der Waals surface area (Å²) in [4.78, 5) is 14.2. The van der Waals surface area contributed by atoms with Gasteiger partial charge in [-0.15, -0.1) is 0 Å². The number of nitrogens with zero attached hydrogens (tertiary/aromatic N) is 1. The van der Waals surface area contributed by atoms with Gasteiger partial charge in [0, 0.05) is 5.33 Å². The Balaban J connectivity index is 3.20. The van der Waals surface area contributed by atoms with E-state index in [4.69, 9.17) is 10.8 Å². The summed E-state index contributed by atoms with van der Waals surface area (Å²) in [6.07, 6.45) is -3.06. The first-order valence-electron chi connectivity index (χ1n) is 4.29. The molecule has 1 aromatic rings. The Bertz CT molecular complexity index is 413. The van der Waals surface area contributed by atoms with E-state index in [0.717, 1.165) is 0 Å². The molecule has 3 N–H and O–H groups in total. The van der Waals surface area contributed by atoms with Gasteiger partial charge in [-0.25, -0.2) is 13.8 Å². The molecule has 0 fully saturated rings. The molecule has 0 aliphatic rings. The number of carboxylic acid groups (broad SMARTS) is 1. The molecule has 0 aliphatic carbocycles. The number of hydrogen-bond donors (Lipinski definition) is 2. The molecule has 1 aromatic heterocycles. The SMILES string of the molecule is Nc1cc(CC(=O)O)c(CBr)nc1C(F)F. The molecule has 0 spiro atoms. The van der Waals surface area contributed by atoms with Crippen LogP contribution in [0, 0.1) is 0 Å². The van der Waals surface area contributed by atoms with Crippen molar-refractivity contribution >= 4 is 27.6 Å². The average molecular weight is 295 g/mol. The van der Waals surface area contributed by atoms with Crippen LogP contribution < -0.4 is 5.73 Å². The molecule has 0 unspecified atom stereocenters. The summed E-state index contributed by atoms with van der Waals surface area (Å²) in [6, 6.07) is 1.24. The summed E-state index contributed by atoms with van der Waals surface area (Å²) in [5.74, 6) is -1.06. The first-order chi connectivity index (χ1) is 7.45. The van der Waals surface area contributed by atoms with Crippen molar-refractivity contribution in [3.63, 3.8) is 0 Å². The van der Waals surface area contributed by atoms with E-state index in [0.29, 0.717) is 5.56 Å². The number of aromatic nitrogens is 1. The van der Waals surface area contributed by atoms with Crippen LogP contribution in [-0.2, 0) is 16.5 Å². The van der Waals surface area contributed by atoms with E-state index in [2.05, 4.69) is 20.9 Å². The maximum Gasteiger partial charge on any atom is 0.307 e. The van der Waals surface area contributed by atoms with Gasteiger partial charge in [-0.2, -0.15) is 0 Å². The van der Waals surface area contributed by atoms with Crippen molar-refractivity contribution in [2.45, 2.75) is 18.2 Å². The molecular formula is C9H9BrF2N2O2. The molecule has 0 atom stereocenters. The Hall–Kier alpha value is -1.24. The van der Waals surface area contributed by atoms with Gasteiger partial charge in [0.2, 0.25) is 0 Å². The highest BCUT2D eigenvalue weighted by Crippen LogP contribution is 2.26. The lowest BCUT2D eigenvalue weighted by Crippen LogP contribution is -2.09. The molecule has 0 aromatic carbocycles. The second-order valence-electron chi connectivity index (χ2n) is 3.07. The quantitative estimate of drug-likeness (QED) is 0.834. The lowest BCUT2D eigenvalue weighted by Gasteiger charge is -2.10. The summed E-state index contributed by atoms with van der Waals surface area (Å²) in [5, 5.41) is 8.83. The van der Waals surface area contributed by atoms with Gasteiger partial charge >= 0.3 is 5.97 Å². The zero-order valence-electron chi connectivity index (χ0n) is 8.08. The number of aliphatic carboxylic acids is 1. The number of halogens is 3. The Kier molecular flexibility index (Phi) is 4.17. The Labute approximate surface area is 98.6 Å². The van der Waals surface area contributed by atoms with Crippen LogP contribution in [0.25, 0.3) is 0 Å². The van der Waals surface area contributed by atoms with Crippen LogP contribution in [0.4, 0.5) is 14.5 Å². The van der Waals surface area contributed by atoms with E-state index in [1.807, 2.05) is 0 Å². The predicted molar refractivity (Wildman–Crippen MR) is 57.6 cm³/mol. The molecule has 0 bridgehead atoms. The average Bonchev–Trinajstić information content (AvgIpc) is 2.16. The highest BCUT2D eigenvalue weighted by atomic mass is 79.9. The molecule has 1 heterocycles. The molecule has 88 valence electrons. The third-order valence-corrected chi connectivity index (χ3v) is 2.46. The number of carboxylic acids is 1. The van der Waals surface area contributed by atoms with Gasteiger partial charge in [0.05, 0.1) is 17.8 Å². The van der Waals surface area contributed by atoms with Crippen molar-refractivity contribution in [3.05, 3.63) is 23.0 Å². The van der Waals surface area contributed by atoms with Crippen LogP contribution in [0.5, 0.6) is 0 Å². The van der Waals surface area contributed by atoms with E-state index in [1.165, 1.54) is 6.07 Å². The minimum atomic E-state index is -2.77. The summed E-state index contributed by atoms with van der Waals surface area (Å²) in [7, 11) is 0. The highest BCUT2D eigenvalue weighted by Gasteiger charge is 2.17. The van der Waals surface area contributed by atoms with Gasteiger partial charge in [0.15, 0.2) is 0 Å². The molecule has 0 saturated heterocycles. The Morgan fingerprint density at radius 3 is 2.69 bits per heavy atom. The minimum absolute atomic E-state index is 0.184. The van der Waals surface area contributed by atoms with Crippen LogP contribution in [0.3, 0.4) is 0 Å². The normalized spacial score (nSPS) is 10.8. The number of nitrogen functional groups attached to an aromatic ring is 1. The topological polar surface area (TPSA) is 76.2 Å². The number of pyridine rings is 1. The largest absolute Gasteiger partial charge is 0.481 e. The van der Waals surface area contributed by atoms with Crippen molar-refractivity contribution in [2.75, 3.05) is 5.73 Å². The minimum Gasteiger partial charge on any atom is -0.481 e. The number of rotatable bonds is 4. The fraction of sp³-hybridized carbons (Fsp3) is 0.333. The second-order valence-corrected chi connectivity index (χ2v) is 3.63. The molecule has 0 radical (unpaired) electrons. The molecule has 16 heavy (non-hydrogen) atoms. The molecule has 0 amide bonds. The standard InChI is InChI=1S/C9H9BrF2N2O2/c10-3-6-4(2-7(15)16)1-5(13)8(14-6)9(11)12/h1,9H,2-3,13H2,(H,15,16). The third-order valence-electron chi connectivity index (χ3n) is 1.93. The van der Waals surface area contributed by atoms with Crippen molar-refractivity contribution < 1.29 is 18.7 Å². The lowest BCUT2D eigenvalue weighted by atomic mass is 10.1. The van der Waals surface area contributed by atoms with Crippen LogP contribution in [0.2, 0.25) is 0 Å². The predicted octanol–water partition coefficient (Wildman–Crippen LogP) is 2.12. The monoisotopic (exact) mass is 294 g/mol. The third kappa shape index (κ3) is 2.88.